The largest absolute Gasteiger partial charge is 0.494 e. The highest BCUT2D eigenvalue weighted by Crippen LogP contribution is 2.22. The smallest absolute Gasteiger partial charge is 0.334 e. The van der Waals surface area contributed by atoms with Crippen LogP contribution in [-0.4, -0.2) is 36.1 Å². The fourth-order valence-electron chi connectivity index (χ4n) is 1.99. The summed E-state index contributed by atoms with van der Waals surface area (Å²) < 4.78 is 18.9. The van der Waals surface area contributed by atoms with Crippen LogP contribution in [0.4, 0.5) is 9.18 Å². The van der Waals surface area contributed by atoms with Crippen molar-refractivity contribution in [3.63, 3.8) is 0 Å². The van der Waals surface area contributed by atoms with Crippen molar-refractivity contribution in [1.82, 2.24) is 9.91 Å². The van der Waals surface area contributed by atoms with Crippen LogP contribution < -0.4 is 10.6 Å². The minimum absolute atomic E-state index is 0.182. The zero-order chi connectivity index (χ0) is 13.1. The van der Waals surface area contributed by atoms with Crippen LogP contribution in [0, 0.1) is 5.82 Å². The number of ether oxygens (including phenoxy) is 1. The van der Waals surface area contributed by atoms with Crippen LogP contribution in [0.15, 0.2) is 18.2 Å². The Kier molecular flexibility index (Phi) is 3.66. The number of methoxy groups -OCH3 is 1. The third-order valence-corrected chi connectivity index (χ3v) is 2.97. The monoisotopic (exact) mass is 253 g/mol. The van der Waals surface area contributed by atoms with Gasteiger partial charge in [-0.15, -0.1) is 0 Å². The van der Waals surface area contributed by atoms with Gasteiger partial charge in [0, 0.05) is 18.7 Å². The Hall–Kier alpha value is -1.82. The summed E-state index contributed by atoms with van der Waals surface area (Å²) in [6, 6.07) is 4.61. The molecule has 2 N–H and O–H groups in total. The lowest BCUT2D eigenvalue weighted by Crippen LogP contribution is -2.52. The Bertz CT molecular complexity index is 453. The zero-order valence-corrected chi connectivity index (χ0v) is 10.2. The Morgan fingerprint density at radius 3 is 2.94 bits per heavy atom. The van der Waals surface area contributed by atoms with E-state index in [1.807, 2.05) is 0 Å². The third kappa shape index (κ3) is 2.38. The van der Waals surface area contributed by atoms with Crippen molar-refractivity contribution in [2.24, 2.45) is 5.84 Å². The van der Waals surface area contributed by atoms with E-state index in [4.69, 9.17) is 10.6 Å². The van der Waals surface area contributed by atoms with E-state index < -0.39 is 5.82 Å². The lowest BCUT2D eigenvalue weighted by atomic mass is 10.1. The molecule has 1 aromatic carbocycles. The summed E-state index contributed by atoms with van der Waals surface area (Å²) in [6.45, 7) is 1.33. The predicted octanol–water partition coefficient (Wildman–Crippen LogP) is 1.34. The first-order chi connectivity index (χ1) is 8.63. The first kappa shape index (κ1) is 12.6. The fraction of sp³-hybridized carbons (Fsp3) is 0.417. The van der Waals surface area contributed by atoms with Gasteiger partial charge in [-0.1, -0.05) is 12.1 Å². The number of nitrogens with two attached hydrogens (primary N) is 1. The third-order valence-electron chi connectivity index (χ3n) is 2.97. The fourth-order valence-corrected chi connectivity index (χ4v) is 1.99. The number of carbonyl (C=O) groups is 1. The Balaban J connectivity index is 2.16. The number of rotatable bonds is 3. The van der Waals surface area contributed by atoms with Crippen LogP contribution in [0.2, 0.25) is 0 Å². The lowest BCUT2D eigenvalue weighted by Gasteiger charge is -2.32. The predicted molar refractivity (Wildman–Crippen MR) is 64.3 cm³/mol. The highest BCUT2D eigenvalue weighted by Gasteiger charge is 2.24. The quantitative estimate of drug-likeness (QED) is 0.653. The van der Waals surface area contributed by atoms with Gasteiger partial charge >= 0.3 is 6.03 Å². The van der Waals surface area contributed by atoms with Crippen molar-refractivity contribution in [3.8, 4) is 5.75 Å². The minimum Gasteiger partial charge on any atom is -0.494 e. The maximum absolute atomic E-state index is 13.9. The topological polar surface area (TPSA) is 58.8 Å². The second-order valence-corrected chi connectivity index (χ2v) is 4.18. The Labute approximate surface area is 105 Å². The number of nitrogens with zero attached hydrogens (tertiary/aromatic N) is 2. The summed E-state index contributed by atoms with van der Waals surface area (Å²) in [5.74, 6) is 5.29. The van der Waals surface area contributed by atoms with Crippen LogP contribution in [0.5, 0.6) is 5.75 Å². The standard InChI is InChI=1S/C12H16FN3O2/c1-18-10-5-2-4-9(11(10)13)8-15-6-3-7-16(14)12(15)17/h2,4-5H,3,6-8,14H2,1H3. The summed E-state index contributed by atoms with van der Waals surface area (Å²) in [6.07, 6.45) is 0.786. The van der Waals surface area contributed by atoms with Gasteiger partial charge in [0.2, 0.25) is 0 Å². The Morgan fingerprint density at radius 2 is 2.22 bits per heavy atom. The molecule has 0 aromatic heterocycles. The van der Waals surface area contributed by atoms with Crippen LogP contribution >= 0.6 is 0 Å². The molecule has 1 aromatic rings. The van der Waals surface area contributed by atoms with Crippen molar-refractivity contribution in [2.75, 3.05) is 20.2 Å². The average molecular weight is 253 g/mol. The molecular weight excluding hydrogens is 237 g/mol. The number of hydrogen-bond donors (Lipinski definition) is 1. The van der Waals surface area contributed by atoms with Gasteiger partial charge in [0.05, 0.1) is 13.7 Å². The number of urea groups is 1. The lowest BCUT2D eigenvalue weighted by molar-refractivity contribution is 0.126. The van der Waals surface area contributed by atoms with E-state index in [1.165, 1.54) is 12.0 Å². The number of benzene rings is 1. The van der Waals surface area contributed by atoms with Crippen LogP contribution in [0.3, 0.4) is 0 Å². The maximum atomic E-state index is 13.9. The number of halogens is 1. The molecule has 98 valence electrons. The van der Waals surface area contributed by atoms with Crippen molar-refractivity contribution in [1.29, 1.82) is 0 Å². The zero-order valence-electron chi connectivity index (χ0n) is 10.2. The molecule has 2 amide bonds. The SMILES string of the molecule is COc1cccc(CN2CCCN(N)C2=O)c1F. The molecule has 6 heteroatoms. The molecule has 5 nitrogen and oxygen atoms in total. The highest BCUT2D eigenvalue weighted by molar-refractivity contribution is 5.74. The summed E-state index contributed by atoms with van der Waals surface area (Å²) in [7, 11) is 1.41. The summed E-state index contributed by atoms with van der Waals surface area (Å²) in [5, 5.41) is 1.15. The van der Waals surface area contributed by atoms with Crippen molar-refractivity contribution in [3.05, 3.63) is 29.6 Å². The molecule has 1 fully saturated rings. The van der Waals surface area contributed by atoms with Gasteiger partial charge in [0.15, 0.2) is 11.6 Å². The molecule has 0 aliphatic carbocycles. The summed E-state index contributed by atoms with van der Waals surface area (Å²) >= 11 is 0. The van der Waals surface area contributed by atoms with Crippen molar-refractivity contribution < 1.29 is 13.9 Å². The summed E-state index contributed by atoms with van der Waals surface area (Å²) in [5.41, 5.74) is 0.429. The van der Waals surface area contributed by atoms with Crippen LogP contribution in [0.1, 0.15) is 12.0 Å². The molecule has 18 heavy (non-hydrogen) atoms. The van der Waals surface area contributed by atoms with E-state index >= 15 is 0 Å². The van der Waals surface area contributed by atoms with Gasteiger partial charge in [-0.3, -0.25) is 5.01 Å². The van der Waals surface area contributed by atoms with E-state index in [-0.39, 0.29) is 18.3 Å². The normalized spacial score (nSPS) is 16.1. The van der Waals surface area contributed by atoms with Gasteiger partial charge in [-0.05, 0) is 12.5 Å². The molecule has 1 aliphatic rings. The van der Waals surface area contributed by atoms with Crippen molar-refractivity contribution >= 4 is 6.03 Å². The first-order valence-electron chi connectivity index (χ1n) is 5.76. The molecule has 0 bridgehead atoms. The van der Waals surface area contributed by atoms with E-state index in [9.17, 15) is 9.18 Å². The molecule has 1 heterocycles. The molecule has 0 radical (unpaired) electrons. The van der Waals surface area contributed by atoms with Crippen LogP contribution in [0.25, 0.3) is 0 Å². The van der Waals surface area contributed by atoms with E-state index in [1.54, 1.807) is 18.2 Å². The second-order valence-electron chi connectivity index (χ2n) is 4.18. The molecule has 0 spiro atoms. The maximum Gasteiger partial charge on any atom is 0.334 e. The number of hydrogen-bond acceptors (Lipinski definition) is 3. The highest BCUT2D eigenvalue weighted by atomic mass is 19.1. The molecular formula is C12H16FN3O2. The Morgan fingerprint density at radius 1 is 1.44 bits per heavy atom. The van der Waals surface area contributed by atoms with E-state index in [0.29, 0.717) is 18.7 Å². The van der Waals surface area contributed by atoms with Gasteiger partial charge in [0.1, 0.15) is 0 Å². The van der Waals surface area contributed by atoms with Gasteiger partial charge in [0.25, 0.3) is 0 Å². The number of carbonyl (C=O) groups excluding carboxylic acids is 1. The minimum atomic E-state index is -0.429. The molecule has 0 unspecified atom stereocenters. The molecule has 1 saturated heterocycles. The summed E-state index contributed by atoms with van der Waals surface area (Å²) in [4.78, 5) is 13.3. The molecule has 2 rings (SSSR count). The molecule has 1 aliphatic heterocycles. The van der Waals surface area contributed by atoms with Gasteiger partial charge in [-0.2, -0.15) is 0 Å². The van der Waals surface area contributed by atoms with Gasteiger partial charge < -0.3 is 9.64 Å². The van der Waals surface area contributed by atoms with Crippen LogP contribution in [-0.2, 0) is 6.54 Å². The number of hydrazine groups is 1. The molecule has 0 atom stereocenters. The van der Waals surface area contributed by atoms with E-state index in [0.717, 1.165) is 11.4 Å². The molecule has 0 saturated carbocycles. The van der Waals surface area contributed by atoms with Crippen molar-refractivity contribution in [2.45, 2.75) is 13.0 Å². The first-order valence-corrected chi connectivity index (χ1v) is 5.76. The van der Waals surface area contributed by atoms with E-state index in [2.05, 4.69) is 0 Å². The van der Waals surface area contributed by atoms with Gasteiger partial charge in [-0.25, -0.2) is 15.0 Å². The second kappa shape index (κ2) is 5.22. The average Bonchev–Trinajstić information content (AvgIpc) is 2.37. The number of amides is 2.